The third-order valence-corrected chi connectivity index (χ3v) is 6.47. The Kier molecular flexibility index (Phi) is 4.46. The van der Waals surface area contributed by atoms with Crippen molar-refractivity contribution in [1.82, 2.24) is 19.2 Å². The van der Waals surface area contributed by atoms with Crippen molar-refractivity contribution in [3.63, 3.8) is 0 Å². The van der Waals surface area contributed by atoms with Gasteiger partial charge >= 0.3 is 0 Å². The third-order valence-electron chi connectivity index (χ3n) is 4.58. The summed E-state index contributed by atoms with van der Waals surface area (Å²) < 4.78 is 4.45. The smallest absolute Gasteiger partial charge is 0.271 e. The largest absolute Gasteiger partial charge is 0.273 e. The minimum atomic E-state index is -0.0200. The number of thioether (sulfide) groups is 1. The van der Waals surface area contributed by atoms with Crippen molar-refractivity contribution in [3.8, 4) is 0 Å². The molecule has 5 nitrogen and oxygen atoms in total. The fraction of sp³-hybridized carbons (Fsp3) is 0.0952. The van der Waals surface area contributed by atoms with Gasteiger partial charge in [0.1, 0.15) is 4.70 Å². The van der Waals surface area contributed by atoms with E-state index >= 15 is 0 Å². The van der Waals surface area contributed by atoms with Gasteiger partial charge in [-0.15, -0.1) is 21.5 Å². The number of benzene rings is 2. The van der Waals surface area contributed by atoms with Crippen molar-refractivity contribution in [2.75, 3.05) is 0 Å². The fourth-order valence-electron chi connectivity index (χ4n) is 3.22. The molecule has 0 radical (unpaired) electrons. The summed E-state index contributed by atoms with van der Waals surface area (Å²) in [7, 11) is 0. The average Bonchev–Trinajstić information content (AvgIpc) is 3.38. The van der Waals surface area contributed by atoms with Crippen LogP contribution in [0.15, 0.2) is 82.1 Å². The van der Waals surface area contributed by atoms with Crippen molar-refractivity contribution in [1.29, 1.82) is 0 Å². The Hall–Kier alpha value is -2.90. The van der Waals surface area contributed by atoms with E-state index in [1.165, 1.54) is 16.9 Å². The van der Waals surface area contributed by atoms with Gasteiger partial charge in [0.25, 0.3) is 5.56 Å². The standard InChI is InChI=1S/C21H16N4OS2/c26-19-18-17(11-12-27-18)25-20(24(19)13-15-7-3-1-4-8-15)22-23-21(25)28-14-16-9-5-2-6-10-16/h1-12H,13-14H2. The lowest BCUT2D eigenvalue weighted by molar-refractivity contribution is 0.765. The topological polar surface area (TPSA) is 52.2 Å². The van der Waals surface area contributed by atoms with E-state index in [0.717, 1.165) is 26.7 Å². The second kappa shape index (κ2) is 7.26. The summed E-state index contributed by atoms with van der Waals surface area (Å²) in [6.07, 6.45) is 0. The highest BCUT2D eigenvalue weighted by molar-refractivity contribution is 7.98. The molecule has 0 aliphatic carbocycles. The number of thiophene rings is 1. The lowest BCUT2D eigenvalue weighted by atomic mass is 10.2. The highest BCUT2D eigenvalue weighted by Gasteiger charge is 2.18. The van der Waals surface area contributed by atoms with Crippen LogP contribution < -0.4 is 5.56 Å². The summed E-state index contributed by atoms with van der Waals surface area (Å²) in [6, 6.07) is 22.2. The van der Waals surface area contributed by atoms with E-state index in [1.54, 1.807) is 16.3 Å². The normalized spacial score (nSPS) is 11.4. The Morgan fingerprint density at radius 1 is 0.893 bits per heavy atom. The van der Waals surface area contributed by atoms with Crippen LogP contribution >= 0.6 is 23.1 Å². The van der Waals surface area contributed by atoms with Crippen molar-refractivity contribution in [2.24, 2.45) is 0 Å². The number of aromatic nitrogens is 4. The van der Waals surface area contributed by atoms with Crippen LogP contribution in [0, 0.1) is 0 Å². The molecule has 0 bridgehead atoms. The predicted octanol–water partition coefficient (Wildman–Crippen LogP) is 4.45. The molecule has 0 aliphatic rings. The van der Waals surface area contributed by atoms with Crippen molar-refractivity contribution in [2.45, 2.75) is 17.5 Å². The van der Waals surface area contributed by atoms with E-state index in [2.05, 4.69) is 22.3 Å². The number of hydrogen-bond acceptors (Lipinski definition) is 5. The summed E-state index contributed by atoms with van der Waals surface area (Å²) in [6.45, 7) is 0.471. The van der Waals surface area contributed by atoms with E-state index < -0.39 is 0 Å². The first-order valence-corrected chi connectivity index (χ1v) is 10.7. The molecular weight excluding hydrogens is 388 g/mol. The summed E-state index contributed by atoms with van der Waals surface area (Å²) in [5.74, 6) is 1.38. The molecule has 0 atom stereocenters. The van der Waals surface area contributed by atoms with Gasteiger partial charge in [-0.25, -0.2) is 0 Å². The monoisotopic (exact) mass is 404 g/mol. The van der Waals surface area contributed by atoms with Crippen molar-refractivity contribution < 1.29 is 0 Å². The molecule has 7 heteroatoms. The van der Waals surface area contributed by atoms with E-state index in [4.69, 9.17) is 0 Å². The SMILES string of the molecule is O=c1c2sccc2n2c(SCc3ccccc3)nnc2n1Cc1ccccc1. The Morgan fingerprint density at radius 2 is 1.61 bits per heavy atom. The van der Waals surface area contributed by atoms with Gasteiger partial charge in [-0.3, -0.25) is 13.8 Å². The summed E-state index contributed by atoms with van der Waals surface area (Å²) in [4.78, 5) is 13.1. The molecule has 2 aromatic carbocycles. The number of nitrogens with zero attached hydrogens (tertiary/aromatic N) is 4. The molecule has 0 aliphatic heterocycles. The van der Waals surface area contributed by atoms with Gasteiger partial charge in [0.15, 0.2) is 5.16 Å². The lowest BCUT2D eigenvalue weighted by Gasteiger charge is -2.09. The third kappa shape index (κ3) is 3.02. The predicted molar refractivity (Wildman–Crippen MR) is 114 cm³/mol. The quantitative estimate of drug-likeness (QED) is 0.406. The van der Waals surface area contributed by atoms with Gasteiger partial charge < -0.3 is 0 Å². The van der Waals surface area contributed by atoms with Crippen LogP contribution in [0.25, 0.3) is 16.0 Å². The number of fused-ring (bicyclic) bond motifs is 3. The molecular formula is C21H16N4OS2. The maximum absolute atomic E-state index is 13.1. The Balaban J connectivity index is 1.63. The van der Waals surface area contributed by atoms with Crippen LogP contribution in [0.3, 0.4) is 0 Å². The second-order valence-electron chi connectivity index (χ2n) is 6.40. The Bertz CT molecular complexity index is 1310. The van der Waals surface area contributed by atoms with Gasteiger partial charge in [-0.1, -0.05) is 72.4 Å². The lowest BCUT2D eigenvalue weighted by Crippen LogP contribution is -2.23. The van der Waals surface area contributed by atoms with Gasteiger partial charge in [0.05, 0.1) is 12.1 Å². The van der Waals surface area contributed by atoms with E-state index in [0.29, 0.717) is 12.3 Å². The van der Waals surface area contributed by atoms with Crippen LogP contribution in [0.5, 0.6) is 0 Å². The van der Waals surface area contributed by atoms with Crippen LogP contribution in [-0.2, 0) is 12.3 Å². The first-order valence-electron chi connectivity index (χ1n) is 8.87. The van der Waals surface area contributed by atoms with E-state index in [9.17, 15) is 4.79 Å². The molecule has 0 amide bonds. The first kappa shape index (κ1) is 17.2. The fourth-order valence-corrected chi connectivity index (χ4v) is 4.94. The number of rotatable bonds is 5. The summed E-state index contributed by atoms with van der Waals surface area (Å²) in [5, 5.41) is 11.5. The molecule has 0 saturated heterocycles. The van der Waals surface area contributed by atoms with E-state index in [1.807, 2.05) is 64.4 Å². The van der Waals surface area contributed by atoms with Crippen LogP contribution in [0.2, 0.25) is 0 Å². The molecule has 3 heterocycles. The van der Waals surface area contributed by atoms with Gasteiger partial charge in [0, 0.05) is 5.75 Å². The highest BCUT2D eigenvalue weighted by Crippen LogP contribution is 2.26. The van der Waals surface area contributed by atoms with Crippen LogP contribution in [-0.4, -0.2) is 19.2 Å². The first-order chi connectivity index (χ1) is 13.8. The van der Waals surface area contributed by atoms with Gasteiger partial charge in [0.2, 0.25) is 5.78 Å². The Morgan fingerprint density at radius 3 is 2.36 bits per heavy atom. The van der Waals surface area contributed by atoms with E-state index in [-0.39, 0.29) is 5.56 Å². The summed E-state index contributed by atoms with van der Waals surface area (Å²) in [5.41, 5.74) is 3.13. The maximum Gasteiger partial charge on any atom is 0.273 e. The van der Waals surface area contributed by atoms with Gasteiger partial charge in [-0.05, 0) is 22.6 Å². The van der Waals surface area contributed by atoms with Crippen LogP contribution in [0.1, 0.15) is 11.1 Å². The molecule has 0 fully saturated rings. The minimum Gasteiger partial charge on any atom is -0.271 e. The summed E-state index contributed by atoms with van der Waals surface area (Å²) >= 11 is 3.09. The molecule has 0 unspecified atom stereocenters. The molecule has 0 saturated carbocycles. The van der Waals surface area contributed by atoms with Crippen molar-refractivity contribution in [3.05, 3.63) is 93.6 Å². The van der Waals surface area contributed by atoms with Gasteiger partial charge in [-0.2, -0.15) is 0 Å². The number of hydrogen-bond donors (Lipinski definition) is 0. The zero-order chi connectivity index (χ0) is 18.9. The molecule has 28 heavy (non-hydrogen) atoms. The zero-order valence-electron chi connectivity index (χ0n) is 14.9. The molecule has 3 aromatic heterocycles. The zero-order valence-corrected chi connectivity index (χ0v) is 16.5. The molecule has 0 N–H and O–H groups in total. The minimum absolute atomic E-state index is 0.0200. The van der Waals surface area contributed by atoms with Crippen LogP contribution in [0.4, 0.5) is 0 Å². The molecule has 5 aromatic rings. The average molecular weight is 405 g/mol. The highest BCUT2D eigenvalue weighted by atomic mass is 32.2. The van der Waals surface area contributed by atoms with Crippen molar-refractivity contribution >= 4 is 39.1 Å². The molecule has 5 rings (SSSR count). The maximum atomic E-state index is 13.1. The molecule has 0 spiro atoms. The second-order valence-corrected chi connectivity index (χ2v) is 8.26. The Labute approximate surface area is 169 Å². The molecule has 138 valence electrons.